The highest BCUT2D eigenvalue weighted by atomic mass is 16.5. The number of hydrogen-bond acceptors (Lipinski definition) is 5. The molecule has 1 saturated carbocycles. The number of guanidine groups is 1. The van der Waals surface area contributed by atoms with Gasteiger partial charge < -0.3 is 31.6 Å². The summed E-state index contributed by atoms with van der Waals surface area (Å²) in [7, 11) is 3.18. The highest BCUT2D eigenvalue weighted by molar-refractivity contribution is 6.05. The fraction of sp³-hybridized carbons (Fsp3) is 0.591. The summed E-state index contributed by atoms with van der Waals surface area (Å²) < 4.78 is 10.6. The minimum atomic E-state index is -0.975. The third kappa shape index (κ3) is 6.77. The third-order valence-electron chi connectivity index (χ3n) is 5.64. The average Bonchev–Trinajstić information content (AvgIpc) is 3.27. The Labute approximate surface area is 183 Å². The molecule has 0 radical (unpaired) electrons. The molecule has 0 aromatic heterocycles. The number of benzene rings is 1. The van der Waals surface area contributed by atoms with Gasteiger partial charge in [0.05, 0.1) is 14.2 Å². The number of hydrogen-bond donors (Lipinski definition) is 4. The zero-order chi connectivity index (χ0) is 22.7. The molecule has 172 valence electrons. The first-order valence-electron chi connectivity index (χ1n) is 10.8. The molecule has 0 bridgehead atoms. The van der Waals surface area contributed by atoms with E-state index in [9.17, 15) is 9.59 Å². The lowest BCUT2D eigenvalue weighted by atomic mass is 9.83. The second-order valence-corrected chi connectivity index (χ2v) is 7.75. The molecular weight excluding hydrogens is 398 g/mol. The van der Waals surface area contributed by atoms with E-state index in [1.807, 2.05) is 18.2 Å². The maximum Gasteiger partial charge on any atom is 0.235 e. The largest absolute Gasteiger partial charge is 0.493 e. The number of nitrogens with one attached hydrogen (secondary N) is 2. The minimum absolute atomic E-state index is 0.0682. The van der Waals surface area contributed by atoms with Crippen molar-refractivity contribution in [2.75, 3.05) is 33.9 Å². The molecule has 1 aromatic rings. The van der Waals surface area contributed by atoms with Gasteiger partial charge in [0.25, 0.3) is 0 Å². The number of amides is 2. The molecule has 0 atom stereocenters. The van der Waals surface area contributed by atoms with Gasteiger partial charge in [0.15, 0.2) is 17.5 Å². The summed E-state index contributed by atoms with van der Waals surface area (Å²) in [5.74, 6) is 1.01. The van der Waals surface area contributed by atoms with Crippen molar-refractivity contribution in [1.82, 2.24) is 10.6 Å². The van der Waals surface area contributed by atoms with Crippen LogP contribution in [0, 0.1) is 5.41 Å². The number of nitrogens with two attached hydrogens (primary N) is 2. The molecule has 1 aliphatic carbocycles. The van der Waals surface area contributed by atoms with Crippen LogP contribution in [0.5, 0.6) is 11.5 Å². The van der Waals surface area contributed by atoms with Crippen LogP contribution in [-0.4, -0.2) is 51.6 Å². The highest BCUT2D eigenvalue weighted by Crippen LogP contribution is 2.38. The Kier molecular flexibility index (Phi) is 9.42. The van der Waals surface area contributed by atoms with Gasteiger partial charge in [-0.1, -0.05) is 18.9 Å². The monoisotopic (exact) mass is 433 g/mol. The van der Waals surface area contributed by atoms with Crippen LogP contribution in [0.15, 0.2) is 23.2 Å². The van der Waals surface area contributed by atoms with Gasteiger partial charge in [-0.2, -0.15) is 0 Å². The number of rotatable bonds is 12. The Bertz CT molecular complexity index is 771. The van der Waals surface area contributed by atoms with Crippen molar-refractivity contribution < 1.29 is 19.1 Å². The number of unbranched alkanes of at least 4 members (excludes halogenated alkanes) is 1. The highest BCUT2D eigenvalue weighted by Gasteiger charge is 2.47. The summed E-state index contributed by atoms with van der Waals surface area (Å²) in [5.41, 5.74) is 10.6. The molecule has 0 aliphatic heterocycles. The SMILES string of the molecule is COc1ccc(CCNC(=O)C2(C(=O)NCCCCN=C(N)N)CCCC2)cc1OC. The molecule has 9 heteroatoms. The van der Waals surface area contributed by atoms with Gasteiger partial charge in [0.2, 0.25) is 11.8 Å². The van der Waals surface area contributed by atoms with Crippen molar-refractivity contribution >= 4 is 17.8 Å². The first-order chi connectivity index (χ1) is 14.9. The fourth-order valence-corrected chi connectivity index (χ4v) is 3.88. The van der Waals surface area contributed by atoms with Gasteiger partial charge in [-0.25, -0.2) is 0 Å². The Hall–Kier alpha value is -2.97. The van der Waals surface area contributed by atoms with Crippen LogP contribution in [0.1, 0.15) is 44.1 Å². The van der Waals surface area contributed by atoms with Gasteiger partial charge in [0, 0.05) is 19.6 Å². The summed E-state index contributed by atoms with van der Waals surface area (Å²) in [6.45, 7) is 1.47. The van der Waals surface area contributed by atoms with Crippen LogP contribution in [-0.2, 0) is 16.0 Å². The molecule has 1 fully saturated rings. The van der Waals surface area contributed by atoms with E-state index in [4.69, 9.17) is 20.9 Å². The van der Waals surface area contributed by atoms with Crippen molar-refractivity contribution in [3.05, 3.63) is 23.8 Å². The van der Waals surface area contributed by atoms with E-state index >= 15 is 0 Å². The number of ether oxygens (including phenoxy) is 2. The molecule has 0 unspecified atom stereocenters. The van der Waals surface area contributed by atoms with Crippen LogP contribution < -0.4 is 31.6 Å². The van der Waals surface area contributed by atoms with Crippen molar-refractivity contribution in [3.63, 3.8) is 0 Å². The number of carbonyl (C=O) groups is 2. The standard InChI is InChI=1S/C22H35N5O4/c1-30-17-8-7-16(15-18(17)31-2)9-14-26-20(29)22(10-3-4-11-22)19(28)25-12-5-6-13-27-21(23)24/h7-8,15H,3-6,9-14H2,1-2H3,(H,25,28)(H,26,29)(H4,23,24,27). The van der Waals surface area contributed by atoms with Crippen molar-refractivity contribution in [3.8, 4) is 11.5 Å². The van der Waals surface area contributed by atoms with Gasteiger partial charge >= 0.3 is 0 Å². The normalized spacial score (nSPS) is 14.5. The maximum absolute atomic E-state index is 13.0. The Balaban J connectivity index is 1.85. The summed E-state index contributed by atoms with van der Waals surface area (Å²) >= 11 is 0. The second kappa shape index (κ2) is 12.0. The van der Waals surface area contributed by atoms with Crippen LogP contribution in [0.3, 0.4) is 0 Å². The zero-order valence-corrected chi connectivity index (χ0v) is 18.5. The van der Waals surface area contributed by atoms with E-state index in [0.717, 1.165) is 31.2 Å². The van der Waals surface area contributed by atoms with Crippen molar-refractivity contribution in [1.29, 1.82) is 0 Å². The van der Waals surface area contributed by atoms with E-state index in [0.29, 0.717) is 50.4 Å². The molecule has 2 rings (SSSR count). The van der Waals surface area contributed by atoms with E-state index in [1.165, 1.54) is 0 Å². The van der Waals surface area contributed by atoms with E-state index < -0.39 is 5.41 Å². The summed E-state index contributed by atoms with van der Waals surface area (Å²) in [6, 6.07) is 5.67. The zero-order valence-electron chi connectivity index (χ0n) is 18.5. The second-order valence-electron chi connectivity index (χ2n) is 7.75. The van der Waals surface area contributed by atoms with Crippen molar-refractivity contribution in [2.24, 2.45) is 21.9 Å². The number of nitrogens with zero attached hydrogens (tertiary/aromatic N) is 1. The Morgan fingerprint density at radius 3 is 2.26 bits per heavy atom. The predicted octanol–water partition coefficient (Wildman–Crippen LogP) is 1.09. The Morgan fingerprint density at radius 1 is 1.00 bits per heavy atom. The maximum atomic E-state index is 13.0. The lowest BCUT2D eigenvalue weighted by Crippen LogP contribution is -2.50. The number of carbonyl (C=O) groups excluding carboxylic acids is 2. The van der Waals surface area contributed by atoms with Gasteiger partial charge in [-0.05, 0) is 49.8 Å². The quantitative estimate of drug-likeness (QED) is 0.168. The minimum Gasteiger partial charge on any atom is -0.493 e. The third-order valence-corrected chi connectivity index (χ3v) is 5.64. The molecule has 6 N–H and O–H groups in total. The van der Waals surface area contributed by atoms with Gasteiger partial charge in [0.1, 0.15) is 5.41 Å². The lowest BCUT2D eigenvalue weighted by molar-refractivity contribution is -0.143. The molecule has 0 saturated heterocycles. The van der Waals surface area contributed by atoms with Crippen LogP contribution in [0.25, 0.3) is 0 Å². The topological polar surface area (TPSA) is 141 Å². The van der Waals surface area contributed by atoms with Gasteiger partial charge in [-0.3, -0.25) is 14.6 Å². The predicted molar refractivity (Wildman–Crippen MR) is 120 cm³/mol. The van der Waals surface area contributed by atoms with Crippen LogP contribution in [0.4, 0.5) is 0 Å². The molecule has 31 heavy (non-hydrogen) atoms. The molecule has 2 amide bonds. The summed E-state index contributed by atoms with van der Waals surface area (Å²) in [6.07, 6.45) is 5.06. The first-order valence-corrected chi connectivity index (χ1v) is 10.8. The van der Waals surface area contributed by atoms with Crippen LogP contribution in [0.2, 0.25) is 0 Å². The molecule has 1 aliphatic rings. The van der Waals surface area contributed by atoms with E-state index in [1.54, 1.807) is 14.2 Å². The van der Waals surface area contributed by atoms with E-state index in [2.05, 4.69) is 15.6 Å². The van der Waals surface area contributed by atoms with Crippen molar-refractivity contribution in [2.45, 2.75) is 44.9 Å². The van der Waals surface area contributed by atoms with Crippen LogP contribution >= 0.6 is 0 Å². The Morgan fingerprint density at radius 2 is 1.65 bits per heavy atom. The fourth-order valence-electron chi connectivity index (χ4n) is 3.88. The smallest absolute Gasteiger partial charge is 0.235 e. The number of methoxy groups -OCH3 is 2. The van der Waals surface area contributed by atoms with E-state index in [-0.39, 0.29) is 17.8 Å². The molecule has 0 heterocycles. The molecule has 1 aromatic carbocycles. The average molecular weight is 434 g/mol. The summed E-state index contributed by atoms with van der Waals surface area (Å²) in [4.78, 5) is 29.8. The molecular formula is C22H35N5O4. The molecule has 9 nitrogen and oxygen atoms in total. The number of aliphatic imine (C=N–C) groups is 1. The first kappa shape index (κ1) is 24.3. The lowest BCUT2D eigenvalue weighted by Gasteiger charge is -2.26. The summed E-state index contributed by atoms with van der Waals surface area (Å²) in [5, 5.41) is 5.90. The van der Waals surface area contributed by atoms with Gasteiger partial charge in [-0.15, -0.1) is 0 Å². The molecule has 0 spiro atoms.